The average Bonchev–Trinajstić information content (AvgIpc) is 2.20. The van der Waals surface area contributed by atoms with Gasteiger partial charge in [0.25, 0.3) is 0 Å². The number of rotatable bonds is 2. The molecule has 0 N–H and O–H groups in total. The van der Waals surface area contributed by atoms with Gasteiger partial charge in [0.05, 0.1) is 0 Å². The molecule has 1 aliphatic rings. The minimum absolute atomic E-state index is 0.0551. The summed E-state index contributed by atoms with van der Waals surface area (Å²) in [6.07, 6.45) is 7.23. The molecule has 0 atom stereocenters. The Hall–Kier alpha value is -1.18. The number of fused-ring (bicyclic) bond motifs is 1. The summed E-state index contributed by atoms with van der Waals surface area (Å²) < 4.78 is 13.4. The van der Waals surface area contributed by atoms with Gasteiger partial charge in [0.2, 0.25) is 0 Å². The van der Waals surface area contributed by atoms with Crippen LogP contribution in [-0.4, -0.2) is 4.98 Å². The average molecular weight is 191 g/mol. The highest BCUT2D eigenvalue weighted by atomic mass is 19.1. The van der Waals surface area contributed by atoms with Crippen molar-refractivity contribution in [2.45, 2.75) is 32.6 Å². The standard InChI is InChI=1S/C12H14FN/c1-2-4-9-7-8-14-12-10(9)5-3-6-11(12)13/h5,7-8H,2-4,6H2,1H3. The summed E-state index contributed by atoms with van der Waals surface area (Å²) in [7, 11) is 0. The second-order valence-corrected chi connectivity index (χ2v) is 3.63. The van der Waals surface area contributed by atoms with Crippen LogP contribution >= 0.6 is 0 Å². The van der Waals surface area contributed by atoms with Crippen molar-refractivity contribution in [1.82, 2.24) is 4.98 Å². The number of aryl methyl sites for hydroxylation is 1. The lowest BCUT2D eigenvalue weighted by atomic mass is 10.0. The van der Waals surface area contributed by atoms with Crippen molar-refractivity contribution in [3.8, 4) is 0 Å². The van der Waals surface area contributed by atoms with Crippen LogP contribution in [0.3, 0.4) is 0 Å². The smallest absolute Gasteiger partial charge is 0.126 e. The maximum Gasteiger partial charge on any atom is 0.126 e. The summed E-state index contributed by atoms with van der Waals surface area (Å²) in [6, 6.07) is 2.00. The van der Waals surface area contributed by atoms with Crippen LogP contribution in [0.2, 0.25) is 0 Å². The van der Waals surface area contributed by atoms with Crippen LogP contribution in [0.5, 0.6) is 0 Å². The summed E-state index contributed by atoms with van der Waals surface area (Å²) in [4.78, 5) is 4.10. The van der Waals surface area contributed by atoms with Crippen molar-refractivity contribution >= 4 is 11.9 Å². The van der Waals surface area contributed by atoms with E-state index in [1.807, 2.05) is 6.07 Å². The predicted molar refractivity (Wildman–Crippen MR) is 55.7 cm³/mol. The third-order valence-electron chi connectivity index (χ3n) is 2.57. The van der Waals surface area contributed by atoms with Gasteiger partial charge in [0.15, 0.2) is 0 Å². The Morgan fingerprint density at radius 3 is 3.14 bits per heavy atom. The van der Waals surface area contributed by atoms with Gasteiger partial charge < -0.3 is 0 Å². The van der Waals surface area contributed by atoms with E-state index >= 15 is 0 Å². The zero-order valence-electron chi connectivity index (χ0n) is 8.39. The first-order valence-corrected chi connectivity index (χ1v) is 5.15. The second-order valence-electron chi connectivity index (χ2n) is 3.63. The number of aromatic nitrogens is 1. The molecule has 2 rings (SSSR count). The number of halogens is 1. The second kappa shape index (κ2) is 3.91. The van der Waals surface area contributed by atoms with Crippen LogP contribution in [0, 0.1) is 0 Å². The Morgan fingerprint density at radius 1 is 1.50 bits per heavy atom. The number of hydrogen-bond donors (Lipinski definition) is 0. The fourth-order valence-corrected chi connectivity index (χ4v) is 1.91. The molecule has 0 unspecified atom stereocenters. The van der Waals surface area contributed by atoms with E-state index in [0.717, 1.165) is 24.5 Å². The minimum atomic E-state index is -0.0551. The van der Waals surface area contributed by atoms with Crippen LogP contribution in [-0.2, 0) is 6.42 Å². The molecule has 1 heterocycles. The van der Waals surface area contributed by atoms with Gasteiger partial charge in [-0.1, -0.05) is 19.4 Å². The Balaban J connectivity index is 2.68. The maximum atomic E-state index is 13.4. The van der Waals surface area contributed by atoms with Crippen molar-refractivity contribution in [1.29, 1.82) is 0 Å². The zero-order valence-corrected chi connectivity index (χ0v) is 8.39. The number of hydrogen-bond acceptors (Lipinski definition) is 1. The van der Waals surface area contributed by atoms with Crippen molar-refractivity contribution in [2.75, 3.05) is 0 Å². The van der Waals surface area contributed by atoms with Crippen LogP contribution in [0.4, 0.5) is 4.39 Å². The van der Waals surface area contributed by atoms with Crippen LogP contribution in [0.25, 0.3) is 11.9 Å². The first kappa shape index (κ1) is 9.38. The van der Waals surface area contributed by atoms with E-state index in [1.54, 1.807) is 6.20 Å². The normalized spacial score (nSPS) is 14.9. The lowest BCUT2D eigenvalue weighted by molar-refractivity contribution is 0.688. The lowest BCUT2D eigenvalue weighted by Gasteiger charge is -2.06. The van der Waals surface area contributed by atoms with Gasteiger partial charge in [-0.15, -0.1) is 0 Å². The van der Waals surface area contributed by atoms with Crippen molar-refractivity contribution < 1.29 is 4.39 Å². The van der Waals surface area contributed by atoms with E-state index in [4.69, 9.17) is 0 Å². The third-order valence-corrected chi connectivity index (χ3v) is 2.57. The molecule has 0 bridgehead atoms. The third kappa shape index (κ3) is 1.57. The highest BCUT2D eigenvalue weighted by molar-refractivity contribution is 5.44. The first-order valence-electron chi connectivity index (χ1n) is 5.15. The zero-order chi connectivity index (χ0) is 9.97. The highest BCUT2D eigenvalue weighted by Crippen LogP contribution is 2.08. The molecule has 74 valence electrons. The number of pyridine rings is 1. The lowest BCUT2D eigenvalue weighted by Crippen LogP contribution is -2.34. The Bertz CT molecular complexity index is 448. The fraction of sp³-hybridized carbons (Fsp3) is 0.417. The van der Waals surface area contributed by atoms with E-state index in [1.165, 1.54) is 5.56 Å². The summed E-state index contributed by atoms with van der Waals surface area (Å²) in [5.41, 5.74) is 1.23. The summed E-state index contributed by atoms with van der Waals surface area (Å²) in [6.45, 7) is 2.13. The van der Waals surface area contributed by atoms with Crippen LogP contribution < -0.4 is 10.6 Å². The molecule has 0 amide bonds. The highest BCUT2D eigenvalue weighted by Gasteiger charge is 2.06. The molecule has 14 heavy (non-hydrogen) atoms. The van der Waals surface area contributed by atoms with Gasteiger partial charge in [-0.05, 0) is 24.5 Å². The first-order chi connectivity index (χ1) is 6.83. The predicted octanol–water partition coefficient (Wildman–Crippen LogP) is 1.69. The molecular formula is C12H14FN. The fourth-order valence-electron chi connectivity index (χ4n) is 1.91. The summed E-state index contributed by atoms with van der Waals surface area (Å²) in [5, 5.41) is 1.60. The number of nitrogens with zero attached hydrogens (tertiary/aromatic N) is 1. The molecule has 1 aliphatic carbocycles. The SMILES string of the molecule is CCCc1ccnc2c1=CCCC=2F. The summed E-state index contributed by atoms with van der Waals surface area (Å²) in [5.74, 6) is -0.0551. The van der Waals surface area contributed by atoms with E-state index in [2.05, 4.69) is 18.0 Å². The van der Waals surface area contributed by atoms with Crippen molar-refractivity contribution in [2.24, 2.45) is 0 Å². The van der Waals surface area contributed by atoms with Gasteiger partial charge in [-0.2, -0.15) is 0 Å². The van der Waals surface area contributed by atoms with Crippen LogP contribution in [0.1, 0.15) is 31.7 Å². The molecule has 0 aliphatic heterocycles. The minimum Gasteiger partial charge on any atom is -0.254 e. The van der Waals surface area contributed by atoms with E-state index in [9.17, 15) is 4.39 Å². The maximum absolute atomic E-state index is 13.4. The molecule has 0 fully saturated rings. The van der Waals surface area contributed by atoms with Gasteiger partial charge in [0.1, 0.15) is 11.2 Å². The van der Waals surface area contributed by atoms with Gasteiger partial charge in [-0.25, -0.2) is 4.39 Å². The Kier molecular flexibility index (Phi) is 2.62. The molecule has 1 aromatic heterocycles. The van der Waals surface area contributed by atoms with E-state index in [-0.39, 0.29) is 5.83 Å². The Morgan fingerprint density at radius 2 is 2.36 bits per heavy atom. The molecule has 2 heteroatoms. The quantitative estimate of drug-likeness (QED) is 0.693. The van der Waals surface area contributed by atoms with Crippen LogP contribution in [0.15, 0.2) is 12.3 Å². The largest absolute Gasteiger partial charge is 0.254 e. The van der Waals surface area contributed by atoms with E-state index < -0.39 is 0 Å². The Labute approximate surface area is 83.0 Å². The van der Waals surface area contributed by atoms with E-state index in [0.29, 0.717) is 11.8 Å². The van der Waals surface area contributed by atoms with Crippen molar-refractivity contribution in [3.05, 3.63) is 28.4 Å². The molecule has 1 nitrogen and oxygen atoms in total. The van der Waals surface area contributed by atoms with Gasteiger partial charge in [0, 0.05) is 17.8 Å². The topological polar surface area (TPSA) is 12.9 Å². The molecule has 0 spiro atoms. The molecule has 0 radical (unpaired) electrons. The monoisotopic (exact) mass is 191 g/mol. The molecule has 0 saturated carbocycles. The van der Waals surface area contributed by atoms with Crippen molar-refractivity contribution in [3.63, 3.8) is 0 Å². The summed E-state index contributed by atoms with van der Waals surface area (Å²) >= 11 is 0. The molecular weight excluding hydrogens is 177 g/mol. The molecule has 1 aromatic rings. The van der Waals surface area contributed by atoms with Gasteiger partial charge in [-0.3, -0.25) is 4.98 Å². The van der Waals surface area contributed by atoms with Gasteiger partial charge >= 0.3 is 0 Å². The molecule has 0 saturated heterocycles. The molecule has 0 aromatic carbocycles.